The number of benzene rings is 4. The van der Waals surface area contributed by atoms with E-state index in [1.807, 2.05) is 42.5 Å². The van der Waals surface area contributed by atoms with Crippen molar-refractivity contribution in [2.75, 3.05) is 11.4 Å². The van der Waals surface area contributed by atoms with Gasteiger partial charge in [0.15, 0.2) is 0 Å². The number of nitro groups is 2. The summed E-state index contributed by atoms with van der Waals surface area (Å²) in [6, 6.07) is 29.5. The minimum absolute atomic E-state index is 0.131. The van der Waals surface area contributed by atoms with Gasteiger partial charge in [-0.2, -0.15) is 4.39 Å². The van der Waals surface area contributed by atoms with Gasteiger partial charge in [0.1, 0.15) is 5.69 Å². The fourth-order valence-corrected chi connectivity index (χ4v) is 5.09. The Morgan fingerprint density at radius 2 is 1.22 bits per heavy atom. The molecule has 240 valence electrons. The lowest BCUT2D eigenvalue weighted by Gasteiger charge is -2.26. The fraction of sp³-hybridized carbons (Fsp3) is 0.314. The molecule has 4 aromatic carbocycles. The van der Waals surface area contributed by atoms with E-state index in [-0.39, 0.29) is 10.6 Å². The zero-order valence-corrected chi connectivity index (χ0v) is 29.2. The first-order valence-corrected chi connectivity index (χ1v) is 16.3. The van der Waals surface area contributed by atoms with E-state index in [4.69, 9.17) is 0 Å². The van der Waals surface area contributed by atoms with Crippen LogP contribution in [0.2, 0.25) is 0 Å². The molecular weight excluding hydrogens is 705 g/mol. The number of anilines is 1. The second-order valence-corrected chi connectivity index (χ2v) is 13.1. The van der Waals surface area contributed by atoms with Crippen molar-refractivity contribution in [2.24, 2.45) is 11.8 Å². The molecule has 45 heavy (non-hydrogen) atoms. The van der Waals surface area contributed by atoms with Crippen LogP contribution in [-0.2, 0) is 13.0 Å². The van der Waals surface area contributed by atoms with Gasteiger partial charge in [-0.1, -0.05) is 127 Å². The molecule has 0 atom stereocenters. The number of nitrogens with zero attached hydrogens (tertiary/aromatic N) is 3. The van der Waals surface area contributed by atoms with E-state index < -0.39 is 16.4 Å². The van der Waals surface area contributed by atoms with Gasteiger partial charge >= 0.3 is 5.69 Å². The molecule has 7 nitrogen and oxygen atoms in total. The van der Waals surface area contributed by atoms with Crippen LogP contribution in [0, 0.1) is 37.9 Å². The molecule has 0 amide bonds. The Morgan fingerprint density at radius 1 is 0.711 bits per heavy atom. The van der Waals surface area contributed by atoms with Gasteiger partial charge in [-0.15, -0.1) is 0 Å². The van der Waals surface area contributed by atoms with Gasteiger partial charge < -0.3 is 4.90 Å². The summed E-state index contributed by atoms with van der Waals surface area (Å²) in [5.74, 6) is 0.430. The monoisotopic (exact) mass is 743 g/mol. The summed E-state index contributed by atoms with van der Waals surface area (Å²) in [6.07, 6.45) is 3.90. The summed E-state index contributed by atoms with van der Waals surface area (Å²) in [5, 5.41) is 21.5. The van der Waals surface area contributed by atoms with E-state index in [1.54, 1.807) is 6.07 Å². The van der Waals surface area contributed by atoms with Crippen LogP contribution in [0.4, 0.5) is 21.5 Å². The smallest absolute Gasteiger partial charge is 0.305 e. The van der Waals surface area contributed by atoms with E-state index in [0.29, 0.717) is 27.1 Å². The van der Waals surface area contributed by atoms with E-state index in [9.17, 15) is 24.6 Å². The Bertz CT molecular complexity index is 1490. The molecule has 0 saturated carbocycles. The van der Waals surface area contributed by atoms with Gasteiger partial charge in [0.2, 0.25) is 5.82 Å². The summed E-state index contributed by atoms with van der Waals surface area (Å²) < 4.78 is 13.8. The molecule has 0 aliphatic heterocycles. The molecule has 0 spiro atoms. The number of nitro benzene ring substituents is 2. The maximum atomic E-state index is 12.6. The Labute approximate surface area is 282 Å². The highest BCUT2D eigenvalue weighted by atomic mass is 79.9. The third-order valence-corrected chi connectivity index (χ3v) is 7.46. The van der Waals surface area contributed by atoms with Crippen molar-refractivity contribution < 1.29 is 14.2 Å². The second-order valence-electron chi connectivity index (χ2n) is 11.3. The lowest BCUT2D eigenvalue weighted by molar-refractivity contribution is -0.387. The topological polar surface area (TPSA) is 89.5 Å². The number of rotatable bonds is 11. The molecule has 4 aromatic rings. The van der Waals surface area contributed by atoms with Crippen molar-refractivity contribution in [3.8, 4) is 0 Å². The molecule has 0 aromatic heterocycles. The predicted molar refractivity (Wildman–Crippen MR) is 188 cm³/mol. The summed E-state index contributed by atoms with van der Waals surface area (Å²) in [4.78, 5) is 22.5. The van der Waals surface area contributed by atoms with Gasteiger partial charge in [0.25, 0.3) is 5.69 Å². The zero-order chi connectivity index (χ0) is 33.4. The van der Waals surface area contributed by atoms with Crippen molar-refractivity contribution in [3.05, 3.63) is 143 Å². The van der Waals surface area contributed by atoms with Crippen LogP contribution in [-0.4, -0.2) is 16.4 Å². The summed E-state index contributed by atoms with van der Waals surface area (Å²) in [7, 11) is 0. The minimum Gasteiger partial charge on any atom is -0.361 e. The van der Waals surface area contributed by atoms with Crippen LogP contribution in [0.3, 0.4) is 0 Å². The Morgan fingerprint density at radius 3 is 1.71 bits per heavy atom. The number of hydrogen-bond donors (Lipinski definition) is 0. The Kier molecular flexibility index (Phi) is 16.4. The average molecular weight is 746 g/mol. The van der Waals surface area contributed by atoms with Crippen LogP contribution in [0.25, 0.3) is 0 Å². The van der Waals surface area contributed by atoms with Crippen LogP contribution < -0.4 is 4.90 Å². The molecule has 0 N–H and O–H groups in total. The Hall–Kier alpha value is -3.63. The second kappa shape index (κ2) is 19.7. The van der Waals surface area contributed by atoms with Gasteiger partial charge in [0.05, 0.1) is 9.85 Å². The van der Waals surface area contributed by atoms with Crippen LogP contribution in [0.1, 0.15) is 51.7 Å². The standard InChI is InChI=1S/C17H19BrN2O2.C12H18.C6H3BrFNO2/c1-13(2)11-19(12-14-6-4-3-5-7-14)16-9-8-15(18)10-17(16)20(21)22;1-11(2)7-6-10-12-8-4-3-5-9-12;7-4-1-2-5(8)6(3-4)9(10)11/h3-10,13H,11-12H2,1-2H3;3-5,8-9,11H,6-7,10H2,1-2H3;1-3H. The molecule has 10 heteroatoms. The molecule has 0 bridgehead atoms. The van der Waals surface area contributed by atoms with Gasteiger partial charge in [-0.25, -0.2) is 0 Å². The van der Waals surface area contributed by atoms with Gasteiger partial charge in [0, 0.05) is 34.2 Å². The van der Waals surface area contributed by atoms with Crippen LogP contribution in [0.15, 0.2) is 106 Å². The van der Waals surface area contributed by atoms with Gasteiger partial charge in [-0.3, -0.25) is 20.2 Å². The third kappa shape index (κ3) is 14.3. The number of hydrogen-bond acceptors (Lipinski definition) is 5. The van der Waals surface area contributed by atoms with Crippen LogP contribution >= 0.6 is 31.9 Å². The highest BCUT2D eigenvalue weighted by Gasteiger charge is 2.21. The molecule has 0 fully saturated rings. The zero-order valence-electron chi connectivity index (χ0n) is 26.0. The summed E-state index contributed by atoms with van der Waals surface area (Å²) >= 11 is 6.30. The fourth-order valence-electron chi connectivity index (χ4n) is 4.39. The largest absolute Gasteiger partial charge is 0.361 e. The van der Waals surface area contributed by atoms with Crippen molar-refractivity contribution >= 4 is 48.9 Å². The van der Waals surface area contributed by atoms with Crippen molar-refractivity contribution in [3.63, 3.8) is 0 Å². The van der Waals surface area contributed by atoms with E-state index in [0.717, 1.165) is 30.2 Å². The molecule has 4 rings (SSSR count). The minimum atomic E-state index is -0.821. The first-order valence-electron chi connectivity index (χ1n) is 14.7. The van der Waals surface area contributed by atoms with E-state index in [2.05, 4.69) is 94.8 Å². The molecule has 0 aliphatic carbocycles. The maximum Gasteiger partial charge on any atom is 0.305 e. The van der Waals surface area contributed by atoms with Crippen LogP contribution in [0.5, 0.6) is 0 Å². The molecule has 0 radical (unpaired) electrons. The third-order valence-electron chi connectivity index (χ3n) is 6.47. The normalized spacial score (nSPS) is 10.4. The lowest BCUT2D eigenvalue weighted by Crippen LogP contribution is -2.27. The summed E-state index contributed by atoms with van der Waals surface area (Å²) in [6.45, 7) is 10.2. The molecule has 0 saturated heterocycles. The van der Waals surface area contributed by atoms with E-state index >= 15 is 0 Å². The SMILES string of the molecule is CC(C)CCCc1ccccc1.CC(C)CN(Cc1ccccc1)c1ccc(Br)cc1[N+](=O)[O-].O=[N+]([O-])c1cc(Br)ccc1F. The number of aryl methyl sites for hydroxylation is 1. The summed E-state index contributed by atoms with van der Waals surface area (Å²) in [5.41, 5.74) is 2.88. The lowest BCUT2D eigenvalue weighted by atomic mass is 10.0. The van der Waals surface area contributed by atoms with E-state index in [1.165, 1.54) is 30.9 Å². The maximum absolute atomic E-state index is 12.6. The Balaban J connectivity index is 0.000000259. The molecule has 0 aliphatic rings. The first kappa shape index (κ1) is 37.6. The molecule has 0 unspecified atom stereocenters. The highest BCUT2D eigenvalue weighted by molar-refractivity contribution is 9.10. The molecule has 0 heterocycles. The predicted octanol–water partition coefficient (Wildman–Crippen LogP) is 11.2. The van der Waals surface area contributed by atoms with Crippen molar-refractivity contribution in [2.45, 2.75) is 53.5 Å². The highest BCUT2D eigenvalue weighted by Crippen LogP contribution is 2.32. The van der Waals surface area contributed by atoms with Crippen molar-refractivity contribution in [1.82, 2.24) is 0 Å². The quantitative estimate of drug-likeness (QED) is 0.113. The first-order chi connectivity index (χ1) is 21.4. The van der Waals surface area contributed by atoms with Gasteiger partial charge in [-0.05, 0) is 60.1 Å². The number of halogens is 3. The molecular formula is C35H40Br2FN3O4. The van der Waals surface area contributed by atoms with Crippen molar-refractivity contribution in [1.29, 1.82) is 0 Å². The average Bonchev–Trinajstić information content (AvgIpc) is 2.99.